The van der Waals surface area contributed by atoms with Crippen LogP contribution in [0.4, 0.5) is 0 Å². The molecule has 0 bridgehead atoms. The third-order valence-corrected chi connectivity index (χ3v) is 5.93. The molecule has 1 heterocycles. The molecule has 1 aliphatic heterocycles. The van der Waals surface area contributed by atoms with Crippen LogP contribution in [0.5, 0.6) is 0 Å². The van der Waals surface area contributed by atoms with Crippen LogP contribution in [-0.2, 0) is 19.1 Å². The van der Waals surface area contributed by atoms with Gasteiger partial charge in [0.15, 0.2) is 0 Å². The van der Waals surface area contributed by atoms with Gasteiger partial charge in [0.2, 0.25) is 0 Å². The van der Waals surface area contributed by atoms with Crippen molar-refractivity contribution in [2.24, 2.45) is 0 Å². The van der Waals surface area contributed by atoms with Crippen molar-refractivity contribution in [1.29, 1.82) is 0 Å². The molecule has 1 amide bonds. The number of rotatable bonds is 4. The van der Waals surface area contributed by atoms with E-state index in [0.717, 1.165) is 8.69 Å². The van der Waals surface area contributed by atoms with E-state index in [9.17, 15) is 13.2 Å². The van der Waals surface area contributed by atoms with Gasteiger partial charge in [-0.1, -0.05) is 0 Å². The molecule has 0 aromatic heterocycles. The van der Waals surface area contributed by atoms with Gasteiger partial charge in [-0.05, 0) is 0 Å². The van der Waals surface area contributed by atoms with Crippen LogP contribution in [0.2, 0.25) is 0 Å². The fourth-order valence-electron chi connectivity index (χ4n) is 1.09. The first-order valence-electron chi connectivity index (χ1n) is 3.79. The molecule has 14 heavy (non-hydrogen) atoms. The monoisotopic (exact) mass is 446 g/mol. The van der Waals surface area contributed by atoms with Gasteiger partial charge in [0.25, 0.3) is 0 Å². The van der Waals surface area contributed by atoms with Crippen molar-refractivity contribution in [1.82, 2.24) is 3.11 Å². The molecule has 0 aromatic rings. The topological polar surface area (TPSA) is 63.7 Å². The molecule has 84 valence electrons. The zero-order chi connectivity index (χ0) is 10.8. The number of hydrogen-bond donors (Lipinski definition) is 0. The molecule has 1 rings (SSSR count). The Morgan fingerprint density at radius 2 is 2.36 bits per heavy atom. The van der Waals surface area contributed by atoms with E-state index < -0.39 is 16.2 Å². The van der Waals surface area contributed by atoms with Crippen LogP contribution in [0.1, 0.15) is 6.42 Å². The van der Waals surface area contributed by atoms with Crippen molar-refractivity contribution >= 4 is 38.6 Å². The van der Waals surface area contributed by atoms with Gasteiger partial charge in [-0.2, -0.15) is 0 Å². The van der Waals surface area contributed by atoms with E-state index in [2.05, 4.69) is 26.8 Å². The van der Waals surface area contributed by atoms with Crippen molar-refractivity contribution in [2.45, 2.75) is 12.5 Å². The number of amides is 1. The van der Waals surface area contributed by atoms with Gasteiger partial charge < -0.3 is 0 Å². The second-order valence-corrected chi connectivity index (χ2v) is 10.6. The Bertz CT molecular complexity index is 318. The van der Waals surface area contributed by atoms with E-state index in [4.69, 9.17) is 0 Å². The van der Waals surface area contributed by atoms with Crippen LogP contribution in [0.25, 0.3) is 0 Å². The van der Waals surface area contributed by atoms with Crippen molar-refractivity contribution in [3.63, 3.8) is 0 Å². The average molecular weight is 446 g/mol. The van der Waals surface area contributed by atoms with E-state index in [1.54, 1.807) is 3.11 Å². The van der Waals surface area contributed by atoms with E-state index in [0.29, 0.717) is 13.0 Å². The first kappa shape index (κ1) is 12.9. The summed E-state index contributed by atoms with van der Waals surface area (Å²) in [5, 5.41) is 0. The van der Waals surface area contributed by atoms with Crippen LogP contribution in [0, 0.1) is 0 Å². The Kier molecular flexibility index (Phi) is 4.84. The maximum atomic E-state index is 11.5. The van der Waals surface area contributed by atoms with Crippen LogP contribution in [-0.4, -0.2) is 38.8 Å². The van der Waals surface area contributed by atoms with Crippen LogP contribution >= 0.6 is 22.6 Å². The zero-order valence-corrected chi connectivity index (χ0v) is 12.6. The molecule has 5 nitrogen and oxygen atoms in total. The molecule has 0 radical (unpaired) electrons. The summed E-state index contributed by atoms with van der Waals surface area (Å²) in [6.07, 6.45) is 0.686. The Morgan fingerprint density at radius 3 is 2.86 bits per heavy atom. The number of nitrogens with zero attached hydrogens (tertiary/aromatic N) is 1. The van der Waals surface area contributed by atoms with Crippen LogP contribution in [0.15, 0.2) is 0 Å². The number of alkyl halides is 2. The molecule has 8 heteroatoms. The van der Waals surface area contributed by atoms with E-state index in [1.165, 1.54) is 0 Å². The van der Waals surface area contributed by atoms with Crippen molar-refractivity contribution < 1.29 is 38.9 Å². The minimum absolute atomic E-state index is 0.167. The maximum absolute atomic E-state index is 11.5. The van der Waals surface area contributed by atoms with Gasteiger partial charge in [0, 0.05) is 0 Å². The summed E-state index contributed by atoms with van der Waals surface area (Å²) in [6.45, 7) is 0.634. The minimum atomic E-state index is -3.52. The molecule has 0 aliphatic carbocycles. The van der Waals surface area contributed by atoms with Crippen LogP contribution in [0.3, 0.4) is 0 Å². The molecular formula is C6H10I2NO4S-. The molecule has 0 aromatic carbocycles. The van der Waals surface area contributed by atoms with Gasteiger partial charge in [-0.25, -0.2) is 0 Å². The van der Waals surface area contributed by atoms with Crippen molar-refractivity contribution in [2.75, 3.05) is 15.2 Å². The molecule has 1 unspecified atom stereocenters. The van der Waals surface area contributed by atoms with E-state index in [1.807, 2.05) is 0 Å². The van der Waals surface area contributed by atoms with Crippen LogP contribution < -0.4 is 21.5 Å². The summed E-state index contributed by atoms with van der Waals surface area (Å²) in [6, 6.07) is 0. The first-order chi connectivity index (χ1) is 6.44. The zero-order valence-electron chi connectivity index (χ0n) is 7.44. The third-order valence-electron chi connectivity index (χ3n) is 1.58. The van der Waals surface area contributed by atoms with Crippen molar-refractivity contribution in [3.8, 4) is 0 Å². The summed E-state index contributed by atoms with van der Waals surface area (Å²) >= 11 is 1.93. The molecule has 1 atom stereocenters. The van der Waals surface area contributed by atoms with E-state index >= 15 is 0 Å². The van der Waals surface area contributed by atoms with Crippen molar-refractivity contribution in [3.05, 3.63) is 0 Å². The average Bonchev–Trinajstić information content (AvgIpc) is 2.34. The fraction of sp³-hybridized carbons (Fsp3) is 0.833. The second-order valence-electron chi connectivity index (χ2n) is 2.72. The molecule has 0 N–H and O–H groups in total. The fourth-order valence-corrected chi connectivity index (χ4v) is 5.36. The number of halogens is 2. The predicted octanol–water partition coefficient (Wildman–Crippen LogP) is -3.04. The van der Waals surface area contributed by atoms with Gasteiger partial charge >= 0.3 is 108 Å². The summed E-state index contributed by atoms with van der Waals surface area (Å²) in [7, 11) is -3.52. The molecule has 1 aliphatic rings. The molecular weight excluding hydrogens is 436 g/mol. The second kappa shape index (κ2) is 5.25. The SMILES string of the molecule is CS(=O)(=O)OC1CCN([I-]CI)C1=O. The first-order valence-corrected chi connectivity index (χ1v) is 9.62. The molecule has 1 saturated heterocycles. The quantitative estimate of drug-likeness (QED) is 0.200. The standard InChI is InChI=1S/C6H10I2NO4S/c1-14(11,12)13-5-2-3-9(6(5)10)8-4-7/h5H,2-4H2,1H3/q-1. The van der Waals surface area contributed by atoms with E-state index in [-0.39, 0.29) is 27.4 Å². The predicted molar refractivity (Wildman–Crippen MR) is 54.9 cm³/mol. The Morgan fingerprint density at radius 1 is 1.71 bits per heavy atom. The molecule has 0 spiro atoms. The number of carbonyl (C=O) groups is 1. The van der Waals surface area contributed by atoms with Gasteiger partial charge in [0.1, 0.15) is 0 Å². The molecule has 0 saturated carbocycles. The summed E-state index contributed by atoms with van der Waals surface area (Å²) in [4.78, 5) is 11.5. The summed E-state index contributed by atoms with van der Waals surface area (Å²) < 4.78 is 29.0. The summed E-state index contributed by atoms with van der Waals surface area (Å²) in [5.41, 5.74) is 0. The Labute approximate surface area is 107 Å². The van der Waals surface area contributed by atoms with Gasteiger partial charge in [-0.3, -0.25) is 0 Å². The number of hydrogen-bond acceptors (Lipinski definition) is 4. The summed E-state index contributed by atoms with van der Waals surface area (Å²) in [5.74, 6) is -0.167. The number of carbonyl (C=O) groups excluding carboxylic acids is 1. The molecule has 1 fully saturated rings. The van der Waals surface area contributed by atoms with Gasteiger partial charge in [0.05, 0.1) is 0 Å². The third kappa shape index (κ3) is 3.77. The normalized spacial score (nSPS) is 23.4. The van der Waals surface area contributed by atoms with Gasteiger partial charge in [-0.15, -0.1) is 0 Å². The Hall–Kier alpha value is 0.840. The Balaban J connectivity index is 2.56.